The van der Waals surface area contributed by atoms with Crippen LogP contribution in [0.4, 0.5) is 5.82 Å². The van der Waals surface area contributed by atoms with E-state index in [-0.39, 0.29) is 0 Å². The molecule has 2 rings (SSSR count). The minimum atomic E-state index is -0.490. The molecule has 0 amide bonds. The van der Waals surface area contributed by atoms with Crippen LogP contribution in [0.2, 0.25) is 0 Å². The van der Waals surface area contributed by atoms with Gasteiger partial charge in [-0.15, -0.1) is 0 Å². The molecule has 0 bridgehead atoms. The zero-order valence-electron chi connectivity index (χ0n) is 12.9. The molecule has 20 heavy (non-hydrogen) atoms. The average Bonchev–Trinajstić information content (AvgIpc) is 2.57. The number of hydrogen-bond acceptors (Lipinski definition) is 5. The Balaban J connectivity index is 2.35. The predicted octanol–water partition coefficient (Wildman–Crippen LogP) is 1.32. The van der Waals surface area contributed by atoms with Crippen molar-refractivity contribution in [3.63, 3.8) is 0 Å². The summed E-state index contributed by atoms with van der Waals surface area (Å²) in [6.07, 6.45) is 1.71. The third-order valence-electron chi connectivity index (χ3n) is 3.96. The molecule has 0 N–H and O–H groups in total. The van der Waals surface area contributed by atoms with Crippen molar-refractivity contribution in [3.05, 3.63) is 17.8 Å². The Bertz CT molecular complexity index is 548. The SMILES string of the molecule is CN(C)c1ncc(B2OC(C)(C)C(C)(C)O2)cc1C#N. The summed E-state index contributed by atoms with van der Waals surface area (Å²) in [5.74, 6) is 0.646. The molecule has 0 spiro atoms. The van der Waals surface area contributed by atoms with Gasteiger partial charge < -0.3 is 14.2 Å². The molecule has 1 aliphatic rings. The molecule has 0 radical (unpaired) electrons. The maximum absolute atomic E-state index is 9.24. The fourth-order valence-corrected chi connectivity index (χ4v) is 2.02. The van der Waals surface area contributed by atoms with Crippen LogP contribution in [-0.2, 0) is 9.31 Å². The standard InChI is InChI=1S/C14H20BN3O2/c1-13(2)14(3,4)20-15(19-13)11-7-10(8-16)12(17-9-11)18(5)6/h7,9H,1-6H3. The molecule has 1 aromatic heterocycles. The smallest absolute Gasteiger partial charge is 0.399 e. The highest BCUT2D eigenvalue weighted by Gasteiger charge is 2.51. The van der Waals surface area contributed by atoms with E-state index >= 15 is 0 Å². The lowest BCUT2D eigenvalue weighted by molar-refractivity contribution is 0.00578. The first-order chi connectivity index (χ1) is 9.18. The van der Waals surface area contributed by atoms with Crippen LogP contribution in [0.1, 0.15) is 33.3 Å². The van der Waals surface area contributed by atoms with Crippen LogP contribution in [0.3, 0.4) is 0 Å². The van der Waals surface area contributed by atoms with Gasteiger partial charge in [-0.3, -0.25) is 0 Å². The Morgan fingerprint density at radius 2 is 1.75 bits per heavy atom. The lowest BCUT2D eigenvalue weighted by Crippen LogP contribution is -2.41. The zero-order chi connectivity index (χ0) is 15.1. The van der Waals surface area contributed by atoms with Gasteiger partial charge in [-0.2, -0.15) is 5.26 Å². The average molecular weight is 273 g/mol. The van der Waals surface area contributed by atoms with E-state index in [2.05, 4.69) is 11.1 Å². The summed E-state index contributed by atoms with van der Waals surface area (Å²) in [5.41, 5.74) is 0.489. The molecule has 0 unspecified atom stereocenters. The minimum absolute atomic E-state index is 0.398. The molecule has 0 saturated carbocycles. The van der Waals surface area contributed by atoms with Gasteiger partial charge >= 0.3 is 7.12 Å². The van der Waals surface area contributed by atoms with E-state index in [1.807, 2.05) is 46.7 Å². The topological polar surface area (TPSA) is 58.4 Å². The number of nitriles is 1. The molecule has 1 aromatic rings. The van der Waals surface area contributed by atoms with E-state index in [1.54, 1.807) is 12.3 Å². The monoisotopic (exact) mass is 273 g/mol. The Hall–Kier alpha value is -1.58. The first-order valence-electron chi connectivity index (χ1n) is 6.61. The summed E-state index contributed by atoms with van der Waals surface area (Å²) >= 11 is 0. The lowest BCUT2D eigenvalue weighted by Gasteiger charge is -2.32. The summed E-state index contributed by atoms with van der Waals surface area (Å²) in [5, 5.41) is 9.24. The van der Waals surface area contributed by atoms with Crippen molar-refractivity contribution < 1.29 is 9.31 Å². The second-order valence-electron chi connectivity index (χ2n) is 6.23. The molecular formula is C14H20BN3O2. The number of nitrogens with zero attached hydrogens (tertiary/aromatic N) is 3. The van der Waals surface area contributed by atoms with Crippen molar-refractivity contribution in [1.82, 2.24) is 4.98 Å². The molecule has 6 heteroatoms. The number of pyridine rings is 1. The van der Waals surface area contributed by atoms with E-state index < -0.39 is 18.3 Å². The van der Waals surface area contributed by atoms with E-state index in [0.717, 1.165) is 5.46 Å². The lowest BCUT2D eigenvalue weighted by atomic mass is 9.79. The van der Waals surface area contributed by atoms with Crippen molar-refractivity contribution >= 4 is 18.4 Å². The predicted molar refractivity (Wildman–Crippen MR) is 79.0 cm³/mol. The normalized spacial score (nSPS) is 19.8. The van der Waals surface area contributed by atoms with Crippen molar-refractivity contribution in [2.75, 3.05) is 19.0 Å². The second kappa shape index (κ2) is 4.76. The van der Waals surface area contributed by atoms with Crippen LogP contribution in [-0.4, -0.2) is 37.4 Å². The van der Waals surface area contributed by atoms with Gasteiger partial charge in [0.25, 0.3) is 0 Å². The van der Waals surface area contributed by atoms with Crippen LogP contribution in [0.25, 0.3) is 0 Å². The van der Waals surface area contributed by atoms with E-state index in [4.69, 9.17) is 9.31 Å². The molecule has 0 aromatic carbocycles. The Morgan fingerprint density at radius 1 is 1.20 bits per heavy atom. The van der Waals surface area contributed by atoms with Crippen molar-refractivity contribution in [3.8, 4) is 6.07 Å². The molecular weight excluding hydrogens is 253 g/mol. The van der Waals surface area contributed by atoms with E-state index in [9.17, 15) is 5.26 Å². The third-order valence-corrected chi connectivity index (χ3v) is 3.96. The Kier molecular flexibility index (Phi) is 3.53. The van der Waals surface area contributed by atoms with Gasteiger partial charge in [0.05, 0.1) is 16.8 Å². The molecule has 5 nitrogen and oxygen atoms in total. The van der Waals surface area contributed by atoms with E-state index in [0.29, 0.717) is 11.4 Å². The fraction of sp³-hybridized carbons (Fsp3) is 0.571. The van der Waals surface area contributed by atoms with Crippen LogP contribution in [0.5, 0.6) is 0 Å². The molecule has 2 heterocycles. The highest BCUT2D eigenvalue weighted by Crippen LogP contribution is 2.36. The summed E-state index contributed by atoms with van der Waals surface area (Å²) in [7, 11) is 3.23. The van der Waals surface area contributed by atoms with Gasteiger partial charge in [-0.25, -0.2) is 4.98 Å². The molecule has 0 aliphatic carbocycles. The zero-order valence-corrected chi connectivity index (χ0v) is 12.9. The largest absolute Gasteiger partial charge is 0.496 e. The quantitative estimate of drug-likeness (QED) is 0.760. The highest BCUT2D eigenvalue weighted by atomic mass is 16.7. The first kappa shape index (κ1) is 14.8. The molecule has 0 atom stereocenters. The van der Waals surface area contributed by atoms with Gasteiger partial charge in [0, 0.05) is 25.8 Å². The summed E-state index contributed by atoms with van der Waals surface area (Å²) in [4.78, 5) is 6.14. The van der Waals surface area contributed by atoms with Gasteiger partial charge in [-0.1, -0.05) is 0 Å². The molecule has 106 valence electrons. The van der Waals surface area contributed by atoms with Crippen LogP contribution in [0, 0.1) is 11.3 Å². The Morgan fingerprint density at radius 3 is 2.20 bits per heavy atom. The van der Waals surface area contributed by atoms with Crippen molar-refractivity contribution in [2.24, 2.45) is 0 Å². The molecule has 1 fully saturated rings. The maximum atomic E-state index is 9.24. The van der Waals surface area contributed by atoms with Crippen LogP contribution >= 0.6 is 0 Å². The fourth-order valence-electron chi connectivity index (χ4n) is 2.02. The van der Waals surface area contributed by atoms with Crippen molar-refractivity contribution in [2.45, 2.75) is 38.9 Å². The summed E-state index contributed by atoms with van der Waals surface area (Å²) < 4.78 is 11.9. The first-order valence-corrected chi connectivity index (χ1v) is 6.61. The summed E-state index contributed by atoms with van der Waals surface area (Å²) in [6, 6.07) is 3.95. The van der Waals surface area contributed by atoms with Crippen LogP contribution < -0.4 is 10.4 Å². The second-order valence-corrected chi connectivity index (χ2v) is 6.23. The number of anilines is 1. The van der Waals surface area contributed by atoms with E-state index in [1.165, 1.54) is 0 Å². The van der Waals surface area contributed by atoms with Gasteiger partial charge in [-0.05, 0) is 33.8 Å². The minimum Gasteiger partial charge on any atom is -0.399 e. The molecule has 1 aliphatic heterocycles. The van der Waals surface area contributed by atoms with Crippen molar-refractivity contribution in [1.29, 1.82) is 5.26 Å². The maximum Gasteiger partial charge on any atom is 0.496 e. The third kappa shape index (κ3) is 2.39. The highest BCUT2D eigenvalue weighted by molar-refractivity contribution is 6.62. The number of hydrogen-bond donors (Lipinski definition) is 0. The van der Waals surface area contributed by atoms with Gasteiger partial charge in [0.1, 0.15) is 11.9 Å². The molecule has 1 saturated heterocycles. The van der Waals surface area contributed by atoms with Gasteiger partial charge in [0.15, 0.2) is 0 Å². The van der Waals surface area contributed by atoms with Crippen LogP contribution in [0.15, 0.2) is 12.3 Å². The number of aromatic nitrogens is 1. The Labute approximate surface area is 120 Å². The number of rotatable bonds is 2. The summed E-state index contributed by atoms with van der Waals surface area (Å²) in [6.45, 7) is 8.00. The van der Waals surface area contributed by atoms with Gasteiger partial charge in [0.2, 0.25) is 0 Å².